The van der Waals surface area contributed by atoms with Gasteiger partial charge in [0.25, 0.3) is 0 Å². The van der Waals surface area contributed by atoms with Gasteiger partial charge in [-0.3, -0.25) is 0 Å². The Kier molecular flexibility index (Phi) is 1.90. The average Bonchev–Trinajstić information content (AvgIpc) is 2.70. The Morgan fingerprint density at radius 1 is 1.27 bits per heavy atom. The Morgan fingerprint density at radius 3 is 2.82 bits per heavy atom. The van der Waals surface area contributed by atoms with E-state index in [2.05, 4.69) is 17.6 Å². The van der Waals surface area contributed by atoms with Gasteiger partial charge in [-0.2, -0.15) is 0 Å². The predicted molar refractivity (Wildman–Crippen MR) is 46.6 cm³/mol. The molecule has 1 aliphatic carbocycles. The van der Waals surface area contributed by atoms with E-state index in [-0.39, 0.29) is 0 Å². The maximum absolute atomic E-state index is 3.66. The molecule has 0 radical (unpaired) electrons. The number of nitrogens with one attached hydrogen (secondary N) is 2. The van der Waals surface area contributed by atoms with Crippen molar-refractivity contribution >= 4 is 0 Å². The molecule has 2 rings (SSSR count). The normalized spacial score (nSPS) is 40.1. The van der Waals surface area contributed by atoms with Crippen molar-refractivity contribution in [3.8, 4) is 0 Å². The summed E-state index contributed by atoms with van der Waals surface area (Å²) < 4.78 is 0. The van der Waals surface area contributed by atoms with Crippen molar-refractivity contribution in [2.45, 2.75) is 31.7 Å². The summed E-state index contributed by atoms with van der Waals surface area (Å²) in [5, 5.41) is 7.15. The van der Waals surface area contributed by atoms with Crippen molar-refractivity contribution in [3.05, 3.63) is 0 Å². The molecule has 1 saturated carbocycles. The smallest absolute Gasteiger partial charge is 0.0306 e. The minimum absolute atomic E-state index is 0.413. The van der Waals surface area contributed by atoms with Gasteiger partial charge in [0.2, 0.25) is 0 Å². The summed E-state index contributed by atoms with van der Waals surface area (Å²) in [5.41, 5.74) is 0.413. The largest absolute Gasteiger partial charge is 0.315 e. The van der Waals surface area contributed by atoms with Crippen molar-refractivity contribution in [2.75, 3.05) is 19.6 Å². The van der Waals surface area contributed by atoms with Crippen LogP contribution in [0.15, 0.2) is 0 Å². The molecule has 2 N–H and O–H groups in total. The Morgan fingerprint density at radius 2 is 2.09 bits per heavy atom. The second-order valence-corrected chi connectivity index (χ2v) is 4.15. The molecule has 64 valence electrons. The molecule has 2 heteroatoms. The minimum Gasteiger partial charge on any atom is -0.315 e. The maximum Gasteiger partial charge on any atom is 0.0306 e. The molecule has 2 aliphatic rings. The van der Waals surface area contributed by atoms with Crippen LogP contribution in [0, 0.1) is 5.92 Å². The minimum atomic E-state index is 0.413. The lowest BCUT2D eigenvalue weighted by Gasteiger charge is -2.29. The lowest BCUT2D eigenvalue weighted by Crippen LogP contribution is -2.49. The summed E-state index contributed by atoms with van der Waals surface area (Å²) in [6, 6.07) is 0. The van der Waals surface area contributed by atoms with E-state index in [9.17, 15) is 0 Å². The summed E-state index contributed by atoms with van der Waals surface area (Å²) in [5.74, 6) is 0.952. The standard InChI is InChI=1S/C9H18N2/c1-9(8-3-4-8)7-10-5-2-6-11-9/h8,10-11H,2-7H2,1H3. The molecule has 0 aromatic carbocycles. The van der Waals surface area contributed by atoms with Crippen LogP contribution in [0.4, 0.5) is 0 Å². The molecule has 11 heavy (non-hydrogen) atoms. The third-order valence-corrected chi connectivity index (χ3v) is 3.03. The molecular weight excluding hydrogens is 136 g/mol. The molecule has 0 aromatic rings. The van der Waals surface area contributed by atoms with E-state index in [1.807, 2.05) is 0 Å². The second-order valence-electron chi connectivity index (χ2n) is 4.15. The molecule has 2 nitrogen and oxygen atoms in total. The zero-order valence-corrected chi connectivity index (χ0v) is 7.32. The topological polar surface area (TPSA) is 24.1 Å². The maximum atomic E-state index is 3.66. The van der Waals surface area contributed by atoms with Gasteiger partial charge in [0.15, 0.2) is 0 Å². The zero-order chi connectivity index (χ0) is 7.73. The van der Waals surface area contributed by atoms with Crippen LogP contribution in [0.5, 0.6) is 0 Å². The fraction of sp³-hybridized carbons (Fsp3) is 1.00. The van der Waals surface area contributed by atoms with Gasteiger partial charge in [0.1, 0.15) is 0 Å². The summed E-state index contributed by atoms with van der Waals surface area (Å²) in [4.78, 5) is 0. The third kappa shape index (κ3) is 1.57. The molecule has 0 spiro atoms. The second kappa shape index (κ2) is 2.76. The van der Waals surface area contributed by atoms with Gasteiger partial charge in [-0.15, -0.1) is 0 Å². The molecule has 0 aromatic heterocycles. The Balaban J connectivity index is 1.96. The first-order chi connectivity index (χ1) is 5.31. The van der Waals surface area contributed by atoms with Crippen molar-refractivity contribution < 1.29 is 0 Å². The van der Waals surface area contributed by atoms with Gasteiger partial charge in [-0.1, -0.05) is 0 Å². The van der Waals surface area contributed by atoms with Crippen molar-refractivity contribution in [3.63, 3.8) is 0 Å². The first kappa shape index (κ1) is 7.56. The van der Waals surface area contributed by atoms with Gasteiger partial charge in [0, 0.05) is 12.1 Å². The monoisotopic (exact) mass is 154 g/mol. The summed E-state index contributed by atoms with van der Waals surface area (Å²) in [6.07, 6.45) is 4.15. The van der Waals surface area contributed by atoms with Gasteiger partial charge >= 0.3 is 0 Å². The molecule has 1 atom stereocenters. The highest BCUT2D eigenvalue weighted by Gasteiger charge is 2.41. The van der Waals surface area contributed by atoms with Crippen LogP contribution in [0.25, 0.3) is 0 Å². The predicted octanol–water partition coefficient (Wildman–Crippen LogP) is 0.738. The van der Waals surface area contributed by atoms with Crippen LogP contribution in [0.2, 0.25) is 0 Å². The zero-order valence-electron chi connectivity index (χ0n) is 7.32. The highest BCUT2D eigenvalue weighted by molar-refractivity contribution is 5.00. The van der Waals surface area contributed by atoms with Crippen LogP contribution in [0.3, 0.4) is 0 Å². The molecule has 1 aliphatic heterocycles. The number of hydrogen-bond donors (Lipinski definition) is 2. The van der Waals surface area contributed by atoms with Crippen LogP contribution in [-0.4, -0.2) is 25.2 Å². The van der Waals surface area contributed by atoms with Crippen molar-refractivity contribution in [2.24, 2.45) is 5.92 Å². The molecule has 2 fully saturated rings. The summed E-state index contributed by atoms with van der Waals surface area (Å²) >= 11 is 0. The number of hydrogen-bond acceptors (Lipinski definition) is 2. The lowest BCUT2D eigenvalue weighted by atomic mass is 9.96. The Hall–Kier alpha value is -0.0800. The highest BCUT2D eigenvalue weighted by atomic mass is 15.1. The van der Waals surface area contributed by atoms with Crippen LogP contribution in [-0.2, 0) is 0 Å². The van der Waals surface area contributed by atoms with E-state index in [1.54, 1.807) is 0 Å². The van der Waals surface area contributed by atoms with Gasteiger partial charge in [-0.05, 0) is 45.2 Å². The lowest BCUT2D eigenvalue weighted by molar-refractivity contribution is 0.320. The first-order valence-corrected chi connectivity index (χ1v) is 4.77. The van der Waals surface area contributed by atoms with Crippen molar-refractivity contribution in [1.82, 2.24) is 10.6 Å². The van der Waals surface area contributed by atoms with E-state index in [0.717, 1.165) is 12.5 Å². The third-order valence-electron chi connectivity index (χ3n) is 3.03. The molecule has 1 unspecified atom stereocenters. The Bertz CT molecular complexity index is 132. The summed E-state index contributed by atoms with van der Waals surface area (Å²) in [7, 11) is 0. The molecule has 1 heterocycles. The van der Waals surface area contributed by atoms with E-state index in [4.69, 9.17) is 0 Å². The van der Waals surface area contributed by atoms with E-state index < -0.39 is 0 Å². The van der Waals surface area contributed by atoms with Crippen LogP contribution < -0.4 is 10.6 Å². The van der Waals surface area contributed by atoms with E-state index in [1.165, 1.54) is 32.4 Å². The first-order valence-electron chi connectivity index (χ1n) is 4.77. The molecule has 0 bridgehead atoms. The van der Waals surface area contributed by atoms with E-state index in [0.29, 0.717) is 5.54 Å². The fourth-order valence-electron chi connectivity index (χ4n) is 2.01. The van der Waals surface area contributed by atoms with Gasteiger partial charge < -0.3 is 10.6 Å². The molecular formula is C9H18N2. The van der Waals surface area contributed by atoms with Crippen LogP contribution in [0.1, 0.15) is 26.2 Å². The van der Waals surface area contributed by atoms with E-state index >= 15 is 0 Å². The summed E-state index contributed by atoms with van der Waals surface area (Å²) in [6.45, 7) is 5.91. The SMILES string of the molecule is CC1(C2CC2)CNCCCN1. The number of rotatable bonds is 1. The van der Waals surface area contributed by atoms with Crippen molar-refractivity contribution in [1.29, 1.82) is 0 Å². The quantitative estimate of drug-likeness (QED) is 0.582. The average molecular weight is 154 g/mol. The van der Waals surface area contributed by atoms with Gasteiger partial charge in [0.05, 0.1) is 0 Å². The highest BCUT2D eigenvalue weighted by Crippen LogP contribution is 2.39. The molecule has 1 saturated heterocycles. The molecule has 0 amide bonds. The Labute approximate surface area is 68.7 Å². The van der Waals surface area contributed by atoms with Crippen LogP contribution >= 0.6 is 0 Å². The fourth-order valence-corrected chi connectivity index (χ4v) is 2.01. The van der Waals surface area contributed by atoms with Gasteiger partial charge in [-0.25, -0.2) is 0 Å².